The normalized spacial score (nSPS) is 10.8. The number of aromatic hydroxyl groups is 1. The van der Waals surface area contributed by atoms with Crippen LogP contribution in [-0.4, -0.2) is 38.0 Å². The number of nitrogens with zero attached hydrogens (tertiary/aromatic N) is 5. The van der Waals surface area contributed by atoms with Crippen molar-refractivity contribution >= 4 is 38.3 Å². The van der Waals surface area contributed by atoms with E-state index in [1.165, 1.54) is 23.3 Å². The van der Waals surface area contributed by atoms with Gasteiger partial charge in [0.2, 0.25) is 5.13 Å². The van der Waals surface area contributed by atoms with Gasteiger partial charge < -0.3 is 5.11 Å². The quantitative estimate of drug-likeness (QED) is 0.460. The topological polar surface area (TPSA) is 101 Å². The Morgan fingerprint density at radius 1 is 1.13 bits per heavy atom. The molecule has 0 aliphatic rings. The second-order valence-electron chi connectivity index (χ2n) is 6.73. The highest BCUT2D eigenvalue weighted by Gasteiger charge is 2.24. The maximum atomic E-state index is 13.0. The summed E-state index contributed by atoms with van der Waals surface area (Å²) < 4.78 is 2.03. The smallest absolute Gasteiger partial charge is 0.284 e. The monoisotopic (exact) mass is 497 g/mol. The van der Waals surface area contributed by atoms with E-state index in [1.54, 1.807) is 18.2 Å². The molecule has 4 rings (SSSR count). The molecule has 10 heteroatoms. The standard InChI is InChI=1S/C21H16BrN5O3S/c1-12-4-3-5-15(10-12)27-17(29)11-16(28)18(25-27)20(30)26(2)21-24-23-19(31-21)13-6-8-14(22)9-7-13/h3-11,28H,1-2H3. The molecule has 1 amide bonds. The predicted octanol–water partition coefficient (Wildman–Crippen LogP) is 3.80. The summed E-state index contributed by atoms with van der Waals surface area (Å²) in [6.07, 6.45) is 0. The number of hydrogen-bond donors (Lipinski definition) is 1. The zero-order chi connectivity index (χ0) is 22.1. The molecule has 2 heterocycles. The number of rotatable bonds is 4. The molecule has 31 heavy (non-hydrogen) atoms. The Labute approximate surface area is 189 Å². The Bertz CT molecular complexity index is 1330. The van der Waals surface area contributed by atoms with Crippen LogP contribution in [0.1, 0.15) is 16.1 Å². The number of benzene rings is 2. The second kappa shape index (κ2) is 8.40. The molecular formula is C21H16BrN5O3S. The van der Waals surface area contributed by atoms with E-state index in [0.717, 1.165) is 26.3 Å². The van der Waals surface area contributed by atoms with E-state index in [9.17, 15) is 14.7 Å². The van der Waals surface area contributed by atoms with Crippen LogP contribution in [0, 0.1) is 6.92 Å². The second-order valence-corrected chi connectivity index (χ2v) is 8.60. The van der Waals surface area contributed by atoms with Crippen LogP contribution in [0.5, 0.6) is 5.75 Å². The first-order valence-electron chi connectivity index (χ1n) is 9.11. The molecule has 0 unspecified atom stereocenters. The molecule has 2 aromatic carbocycles. The van der Waals surface area contributed by atoms with Gasteiger partial charge in [-0.1, -0.05) is 51.5 Å². The van der Waals surface area contributed by atoms with E-state index in [2.05, 4.69) is 31.2 Å². The van der Waals surface area contributed by atoms with Crippen molar-refractivity contribution in [3.8, 4) is 22.0 Å². The molecule has 0 saturated heterocycles. The third-order valence-electron chi connectivity index (χ3n) is 4.46. The SMILES string of the molecule is Cc1cccc(-n2nc(C(=O)N(C)c3nnc(-c4ccc(Br)cc4)s3)c(O)cc2=O)c1. The Morgan fingerprint density at radius 2 is 1.87 bits per heavy atom. The molecule has 156 valence electrons. The van der Waals surface area contributed by atoms with Crippen molar-refractivity contribution in [3.05, 3.63) is 80.7 Å². The van der Waals surface area contributed by atoms with E-state index in [-0.39, 0.29) is 5.69 Å². The summed E-state index contributed by atoms with van der Waals surface area (Å²) >= 11 is 4.61. The van der Waals surface area contributed by atoms with E-state index in [4.69, 9.17) is 0 Å². The van der Waals surface area contributed by atoms with Crippen LogP contribution in [0.2, 0.25) is 0 Å². The number of carbonyl (C=O) groups is 1. The number of aromatic nitrogens is 4. The molecule has 0 bridgehead atoms. The van der Waals surface area contributed by atoms with E-state index >= 15 is 0 Å². The summed E-state index contributed by atoms with van der Waals surface area (Å²) in [5.41, 5.74) is 1.48. The van der Waals surface area contributed by atoms with Crippen molar-refractivity contribution < 1.29 is 9.90 Å². The molecule has 0 fully saturated rings. The van der Waals surface area contributed by atoms with Gasteiger partial charge in [-0.05, 0) is 36.8 Å². The lowest BCUT2D eigenvalue weighted by Gasteiger charge is -2.14. The van der Waals surface area contributed by atoms with Gasteiger partial charge in [-0.15, -0.1) is 10.2 Å². The molecule has 0 spiro atoms. The Balaban J connectivity index is 1.67. The molecule has 4 aromatic rings. The third-order valence-corrected chi connectivity index (χ3v) is 6.03. The molecule has 0 aliphatic carbocycles. The number of amides is 1. The van der Waals surface area contributed by atoms with Crippen molar-refractivity contribution in [1.29, 1.82) is 0 Å². The Morgan fingerprint density at radius 3 is 2.58 bits per heavy atom. The van der Waals surface area contributed by atoms with Crippen LogP contribution < -0.4 is 10.5 Å². The minimum Gasteiger partial charge on any atom is -0.505 e. The fourth-order valence-electron chi connectivity index (χ4n) is 2.85. The average molecular weight is 498 g/mol. The van der Waals surface area contributed by atoms with Crippen LogP contribution in [0.3, 0.4) is 0 Å². The average Bonchev–Trinajstić information content (AvgIpc) is 3.23. The van der Waals surface area contributed by atoms with Crippen molar-refractivity contribution in [2.24, 2.45) is 0 Å². The van der Waals surface area contributed by atoms with Crippen LogP contribution in [-0.2, 0) is 0 Å². The summed E-state index contributed by atoms with van der Waals surface area (Å²) in [4.78, 5) is 26.6. The lowest BCUT2D eigenvalue weighted by molar-refractivity contribution is 0.0983. The van der Waals surface area contributed by atoms with E-state index in [0.29, 0.717) is 15.8 Å². The lowest BCUT2D eigenvalue weighted by atomic mass is 10.2. The Kier molecular flexibility index (Phi) is 5.66. The van der Waals surface area contributed by atoms with Gasteiger partial charge in [0.05, 0.1) is 5.69 Å². The number of aryl methyl sites for hydroxylation is 1. The molecule has 0 radical (unpaired) electrons. The minimum atomic E-state index is -0.614. The van der Waals surface area contributed by atoms with Crippen LogP contribution >= 0.6 is 27.3 Å². The van der Waals surface area contributed by atoms with Crippen molar-refractivity contribution in [2.75, 3.05) is 11.9 Å². The van der Waals surface area contributed by atoms with Crippen molar-refractivity contribution in [3.63, 3.8) is 0 Å². The van der Waals surface area contributed by atoms with Gasteiger partial charge in [-0.2, -0.15) is 9.78 Å². The molecule has 0 saturated carbocycles. The lowest BCUT2D eigenvalue weighted by Crippen LogP contribution is -2.30. The van der Waals surface area contributed by atoms with Gasteiger partial charge in [-0.25, -0.2) is 0 Å². The van der Waals surface area contributed by atoms with Gasteiger partial charge >= 0.3 is 0 Å². The molecule has 2 aromatic heterocycles. The van der Waals surface area contributed by atoms with Crippen LogP contribution in [0.15, 0.2) is 63.9 Å². The molecule has 8 nitrogen and oxygen atoms in total. The Hall–Kier alpha value is -3.37. The van der Waals surface area contributed by atoms with Crippen LogP contribution in [0.4, 0.5) is 5.13 Å². The van der Waals surface area contributed by atoms with Crippen molar-refractivity contribution in [2.45, 2.75) is 6.92 Å². The van der Waals surface area contributed by atoms with Gasteiger partial charge in [0.1, 0.15) is 5.01 Å². The summed E-state index contributed by atoms with van der Waals surface area (Å²) in [7, 11) is 1.51. The van der Waals surface area contributed by atoms with Gasteiger partial charge in [0, 0.05) is 23.2 Å². The summed E-state index contributed by atoms with van der Waals surface area (Å²) in [6, 6.07) is 15.7. The maximum Gasteiger partial charge on any atom is 0.284 e. The van der Waals surface area contributed by atoms with Gasteiger partial charge in [0.15, 0.2) is 11.4 Å². The first kappa shape index (κ1) is 20.9. The summed E-state index contributed by atoms with van der Waals surface area (Å²) in [6.45, 7) is 1.88. The summed E-state index contributed by atoms with van der Waals surface area (Å²) in [5, 5.41) is 23.6. The molecule has 0 atom stereocenters. The fourth-order valence-corrected chi connectivity index (χ4v) is 3.92. The van der Waals surface area contributed by atoms with Crippen molar-refractivity contribution in [1.82, 2.24) is 20.0 Å². The van der Waals surface area contributed by atoms with Gasteiger partial charge in [-0.3, -0.25) is 14.5 Å². The highest BCUT2D eigenvalue weighted by Crippen LogP contribution is 2.30. The highest BCUT2D eigenvalue weighted by molar-refractivity contribution is 9.10. The number of hydrogen-bond acceptors (Lipinski definition) is 7. The first-order chi connectivity index (χ1) is 14.8. The van der Waals surface area contributed by atoms with Gasteiger partial charge in [0.25, 0.3) is 11.5 Å². The zero-order valence-corrected chi connectivity index (χ0v) is 18.9. The number of halogens is 1. The largest absolute Gasteiger partial charge is 0.505 e. The van der Waals surface area contributed by atoms with E-state index in [1.807, 2.05) is 37.3 Å². The first-order valence-corrected chi connectivity index (χ1v) is 10.7. The molecular weight excluding hydrogens is 482 g/mol. The van der Waals surface area contributed by atoms with E-state index < -0.39 is 17.2 Å². The minimum absolute atomic E-state index is 0.260. The fraction of sp³-hybridized carbons (Fsp3) is 0.0952. The highest BCUT2D eigenvalue weighted by atomic mass is 79.9. The number of anilines is 1. The maximum absolute atomic E-state index is 13.0. The molecule has 0 aliphatic heterocycles. The zero-order valence-electron chi connectivity index (χ0n) is 16.5. The third kappa shape index (κ3) is 4.25. The predicted molar refractivity (Wildman–Crippen MR) is 122 cm³/mol. The van der Waals surface area contributed by atoms with Crippen LogP contribution in [0.25, 0.3) is 16.3 Å². The number of carbonyl (C=O) groups excluding carboxylic acids is 1. The summed E-state index contributed by atoms with van der Waals surface area (Å²) in [5.74, 6) is -1.11. The molecule has 1 N–H and O–H groups in total.